The minimum absolute atomic E-state index is 0.0105. The van der Waals surface area contributed by atoms with Crippen molar-refractivity contribution in [3.63, 3.8) is 0 Å². The number of hydrogen-bond acceptors (Lipinski definition) is 5. The highest BCUT2D eigenvalue weighted by molar-refractivity contribution is 6.15. The summed E-state index contributed by atoms with van der Waals surface area (Å²) in [6.07, 6.45) is 2.32. The summed E-state index contributed by atoms with van der Waals surface area (Å²) in [5, 5.41) is 21.7. The Kier molecular flexibility index (Phi) is 4.50. The Bertz CT molecular complexity index is 1010. The molecule has 2 aromatic heterocycles. The summed E-state index contributed by atoms with van der Waals surface area (Å²) in [6.45, 7) is 3.53. The second-order valence-corrected chi connectivity index (χ2v) is 6.16. The Morgan fingerprint density at radius 1 is 1.40 bits per heavy atom. The number of aliphatic hydroxyl groups is 1. The van der Waals surface area contributed by atoms with E-state index < -0.39 is 0 Å². The number of carbonyl (C=O) groups excluding carboxylic acids is 2. The van der Waals surface area contributed by atoms with E-state index in [0.717, 1.165) is 5.39 Å². The van der Waals surface area contributed by atoms with Crippen molar-refractivity contribution in [1.29, 1.82) is 5.41 Å². The monoisotopic (exact) mass is 340 g/mol. The zero-order valence-corrected chi connectivity index (χ0v) is 14.1. The van der Waals surface area contributed by atoms with Crippen LogP contribution < -0.4 is 10.7 Å². The third-order valence-electron chi connectivity index (χ3n) is 4.44. The molecule has 4 N–H and O–H groups in total. The summed E-state index contributed by atoms with van der Waals surface area (Å²) in [6, 6.07) is 3.21. The molecular weight excluding hydrogens is 320 g/mol. The van der Waals surface area contributed by atoms with Gasteiger partial charge in [-0.1, -0.05) is 13.8 Å². The van der Waals surface area contributed by atoms with E-state index in [4.69, 9.17) is 10.5 Å². The normalized spacial score (nSPS) is 12.6. The summed E-state index contributed by atoms with van der Waals surface area (Å²) < 4.78 is 0. The molecule has 0 saturated heterocycles. The first-order valence-electron chi connectivity index (χ1n) is 8.23. The van der Waals surface area contributed by atoms with Gasteiger partial charge in [0.25, 0.3) is 0 Å². The molecule has 0 aliphatic heterocycles. The first kappa shape index (κ1) is 17.0. The summed E-state index contributed by atoms with van der Waals surface area (Å²) in [5.74, 6) is -0.529. The molecule has 7 heteroatoms. The smallest absolute Gasteiger partial charge is 0.227 e. The molecule has 1 atom stereocenters. The van der Waals surface area contributed by atoms with Crippen molar-refractivity contribution >= 4 is 39.2 Å². The maximum atomic E-state index is 12.3. The molecule has 1 amide bonds. The lowest BCUT2D eigenvalue weighted by molar-refractivity contribution is -0.119. The third kappa shape index (κ3) is 2.98. The molecule has 7 nitrogen and oxygen atoms in total. The highest BCUT2D eigenvalue weighted by atomic mass is 16.3. The first-order valence-corrected chi connectivity index (χ1v) is 8.23. The first-order chi connectivity index (χ1) is 12.0. The molecule has 0 bridgehead atoms. The fraction of sp³-hybridized carbons (Fsp3) is 0.333. The Hall–Kier alpha value is -2.80. The number of ketones is 1. The van der Waals surface area contributed by atoms with Crippen molar-refractivity contribution in [1.82, 2.24) is 9.97 Å². The largest absolute Gasteiger partial charge is 0.396 e. The van der Waals surface area contributed by atoms with E-state index in [9.17, 15) is 9.59 Å². The van der Waals surface area contributed by atoms with Crippen molar-refractivity contribution in [2.45, 2.75) is 26.7 Å². The van der Waals surface area contributed by atoms with E-state index in [1.54, 1.807) is 18.3 Å². The number of amides is 1. The standard InChI is InChI=1S/C18H20N4O3/c1-3-9(2)18(25)22-13-7-11(19)16-15-10(8-20-16)6-12(21-17(13)15)14(24)4-5-23/h6-9,19,21,23H,3-5H2,1-2H3,(H,22,25)/t9-/m1/s1. The Balaban J connectivity index is 2.20. The fourth-order valence-corrected chi connectivity index (χ4v) is 2.78. The maximum Gasteiger partial charge on any atom is 0.227 e. The molecule has 0 fully saturated rings. The molecule has 1 aromatic carbocycles. The fourth-order valence-electron chi connectivity index (χ4n) is 2.78. The van der Waals surface area contributed by atoms with Gasteiger partial charge in [0.15, 0.2) is 5.78 Å². The molecule has 2 heterocycles. The molecule has 0 spiro atoms. The predicted octanol–water partition coefficient (Wildman–Crippen LogP) is 2.18. The van der Waals surface area contributed by atoms with Gasteiger partial charge in [0, 0.05) is 29.3 Å². The number of anilines is 1. The van der Waals surface area contributed by atoms with Crippen LogP contribution in [-0.2, 0) is 4.79 Å². The summed E-state index contributed by atoms with van der Waals surface area (Å²) in [5.41, 5.74) is 1.88. The van der Waals surface area contributed by atoms with Gasteiger partial charge in [0.2, 0.25) is 5.91 Å². The SMILES string of the molecule is CC[C@@H](C)C(=O)Nc1cc(=N)c2ncc3cc(C(=O)CCO)[nH]c1c32. The number of nitrogens with one attached hydrogen (secondary N) is 3. The number of nitrogens with zero attached hydrogens (tertiary/aromatic N) is 1. The molecule has 130 valence electrons. The number of pyridine rings is 1. The van der Waals surface area contributed by atoms with Gasteiger partial charge in [-0.2, -0.15) is 0 Å². The van der Waals surface area contributed by atoms with Crippen molar-refractivity contribution in [3.8, 4) is 0 Å². The van der Waals surface area contributed by atoms with E-state index in [2.05, 4.69) is 15.3 Å². The van der Waals surface area contributed by atoms with Gasteiger partial charge in [-0.15, -0.1) is 0 Å². The van der Waals surface area contributed by atoms with E-state index in [-0.39, 0.29) is 36.0 Å². The number of benzene rings is 1. The molecule has 3 aromatic rings. The molecule has 0 unspecified atom stereocenters. The maximum absolute atomic E-state index is 12.3. The van der Waals surface area contributed by atoms with Gasteiger partial charge in [-0.05, 0) is 18.6 Å². The lowest BCUT2D eigenvalue weighted by atomic mass is 10.1. The highest BCUT2D eigenvalue weighted by Crippen LogP contribution is 2.29. The van der Waals surface area contributed by atoms with Crippen molar-refractivity contribution < 1.29 is 14.7 Å². The molecule has 0 aliphatic rings. The number of H-pyrrole nitrogens is 1. The third-order valence-corrected chi connectivity index (χ3v) is 4.44. The molecule has 25 heavy (non-hydrogen) atoms. The average molecular weight is 340 g/mol. The Morgan fingerprint density at radius 3 is 2.84 bits per heavy atom. The minimum Gasteiger partial charge on any atom is -0.396 e. The number of aliphatic hydroxyl groups excluding tert-OH is 1. The van der Waals surface area contributed by atoms with Gasteiger partial charge in [-0.3, -0.25) is 20.0 Å². The molecule has 3 rings (SSSR count). The lowest BCUT2D eigenvalue weighted by Gasteiger charge is -2.13. The molecule has 0 aliphatic carbocycles. The van der Waals surface area contributed by atoms with Crippen LogP contribution in [0.1, 0.15) is 37.2 Å². The van der Waals surface area contributed by atoms with Crippen LogP contribution in [0.4, 0.5) is 5.69 Å². The van der Waals surface area contributed by atoms with Crippen LogP contribution >= 0.6 is 0 Å². The topological polar surface area (TPSA) is 119 Å². The van der Waals surface area contributed by atoms with Crippen molar-refractivity contribution in [3.05, 3.63) is 29.4 Å². The number of Topliss-reactive ketones (excluding diaryl/α,β-unsaturated/α-hetero) is 1. The van der Waals surface area contributed by atoms with E-state index in [1.165, 1.54) is 0 Å². The van der Waals surface area contributed by atoms with Crippen LogP contribution in [0.3, 0.4) is 0 Å². The van der Waals surface area contributed by atoms with Crippen LogP contribution in [0.5, 0.6) is 0 Å². The van der Waals surface area contributed by atoms with E-state index in [0.29, 0.717) is 34.2 Å². The molecular formula is C18H20N4O3. The Morgan fingerprint density at radius 2 is 2.16 bits per heavy atom. The summed E-state index contributed by atoms with van der Waals surface area (Å²) >= 11 is 0. The van der Waals surface area contributed by atoms with Crippen LogP contribution in [0, 0.1) is 11.3 Å². The van der Waals surface area contributed by atoms with Crippen LogP contribution in [-0.4, -0.2) is 33.4 Å². The van der Waals surface area contributed by atoms with Crippen molar-refractivity contribution in [2.75, 3.05) is 11.9 Å². The van der Waals surface area contributed by atoms with Gasteiger partial charge in [0.1, 0.15) is 0 Å². The predicted molar refractivity (Wildman–Crippen MR) is 94.8 cm³/mol. The van der Waals surface area contributed by atoms with Gasteiger partial charge in [-0.25, -0.2) is 0 Å². The van der Waals surface area contributed by atoms with E-state index in [1.807, 2.05) is 13.8 Å². The molecule has 0 radical (unpaired) electrons. The van der Waals surface area contributed by atoms with Crippen molar-refractivity contribution in [2.24, 2.45) is 5.92 Å². The average Bonchev–Trinajstić information content (AvgIpc) is 3.03. The quantitative estimate of drug-likeness (QED) is 0.514. The lowest BCUT2D eigenvalue weighted by Crippen LogP contribution is -2.21. The van der Waals surface area contributed by atoms with Gasteiger partial charge in [0.05, 0.1) is 34.4 Å². The Labute approximate surface area is 143 Å². The summed E-state index contributed by atoms with van der Waals surface area (Å²) in [7, 11) is 0. The van der Waals surface area contributed by atoms with Crippen LogP contribution in [0.25, 0.3) is 21.8 Å². The zero-order chi connectivity index (χ0) is 18.1. The second kappa shape index (κ2) is 6.60. The minimum atomic E-state index is -0.233. The van der Waals surface area contributed by atoms with Gasteiger partial charge < -0.3 is 15.4 Å². The van der Waals surface area contributed by atoms with Crippen LogP contribution in [0.2, 0.25) is 0 Å². The summed E-state index contributed by atoms with van der Waals surface area (Å²) in [4.78, 5) is 31.8. The second-order valence-electron chi connectivity index (χ2n) is 6.16. The zero-order valence-electron chi connectivity index (χ0n) is 14.1. The highest BCUT2D eigenvalue weighted by Gasteiger charge is 2.18. The number of aromatic nitrogens is 2. The van der Waals surface area contributed by atoms with Gasteiger partial charge >= 0.3 is 0 Å². The van der Waals surface area contributed by atoms with E-state index >= 15 is 0 Å². The number of carbonyl (C=O) groups is 2. The number of aromatic amines is 1. The van der Waals surface area contributed by atoms with Crippen LogP contribution in [0.15, 0.2) is 18.3 Å². The number of hydrogen-bond donors (Lipinski definition) is 4. The molecule has 0 saturated carbocycles. The number of rotatable bonds is 6.